The normalized spacial score (nSPS) is 15.5. The minimum absolute atomic E-state index is 0.0298. The molecule has 1 atom stereocenters. The highest BCUT2D eigenvalue weighted by molar-refractivity contribution is 7.12. The van der Waals surface area contributed by atoms with Crippen molar-refractivity contribution >= 4 is 23.2 Å². The number of nitrogens with zero attached hydrogens (tertiary/aromatic N) is 2. The molecule has 31 heavy (non-hydrogen) atoms. The molecule has 2 amide bonds. The third-order valence-electron chi connectivity index (χ3n) is 5.70. The van der Waals surface area contributed by atoms with Crippen LogP contribution >= 0.6 is 11.3 Å². The van der Waals surface area contributed by atoms with E-state index in [9.17, 15) is 14.0 Å². The van der Waals surface area contributed by atoms with Gasteiger partial charge in [0.25, 0.3) is 5.91 Å². The second kappa shape index (κ2) is 9.39. The topological polar surface area (TPSA) is 62.3 Å². The van der Waals surface area contributed by atoms with Crippen molar-refractivity contribution in [1.29, 1.82) is 0 Å². The molecule has 1 aromatic carbocycles. The maximum atomic E-state index is 13.5. The lowest BCUT2D eigenvalue weighted by molar-refractivity contribution is -0.126. The lowest BCUT2D eigenvalue weighted by Crippen LogP contribution is -2.43. The molecule has 0 bridgehead atoms. The van der Waals surface area contributed by atoms with Crippen molar-refractivity contribution in [2.24, 2.45) is 5.92 Å². The third kappa shape index (κ3) is 4.82. The second-order valence-corrected chi connectivity index (χ2v) is 8.69. The Hall–Kier alpha value is -3.06. The fraction of sp³-hybridized carbons (Fsp3) is 0.292. The molecule has 1 N–H and O–H groups in total. The highest BCUT2D eigenvalue weighted by Crippen LogP contribution is 2.26. The number of carbonyl (C=O) groups excluding carboxylic acids is 2. The van der Waals surface area contributed by atoms with Crippen LogP contribution < -0.4 is 5.32 Å². The van der Waals surface area contributed by atoms with Gasteiger partial charge in [-0.15, -0.1) is 11.3 Å². The van der Waals surface area contributed by atoms with Crippen LogP contribution in [0.2, 0.25) is 0 Å². The predicted molar refractivity (Wildman–Crippen MR) is 118 cm³/mol. The standard InChI is InChI=1S/C24H24FN3O2S/c1-16-4-2-12-26-21(16)22(17-6-8-19(25)9-7-17)27-23(29)18-10-13-28(14-11-18)24(30)20-5-3-15-31-20/h2-9,12,15,18,22H,10-11,13-14H2,1H3,(H,27,29). The van der Waals surface area contributed by atoms with Gasteiger partial charge in [0.1, 0.15) is 5.82 Å². The van der Waals surface area contributed by atoms with Gasteiger partial charge in [0.2, 0.25) is 5.91 Å². The number of carbonyl (C=O) groups is 2. The molecule has 160 valence electrons. The molecule has 0 aliphatic carbocycles. The first-order valence-corrected chi connectivity index (χ1v) is 11.2. The summed E-state index contributed by atoms with van der Waals surface area (Å²) >= 11 is 1.43. The molecule has 0 radical (unpaired) electrons. The van der Waals surface area contributed by atoms with Crippen LogP contribution in [0.5, 0.6) is 0 Å². The van der Waals surface area contributed by atoms with Gasteiger partial charge in [0, 0.05) is 25.2 Å². The molecule has 1 saturated heterocycles. The first kappa shape index (κ1) is 21.2. The molecule has 1 fully saturated rings. The average molecular weight is 438 g/mol. The van der Waals surface area contributed by atoms with Crippen LogP contribution in [0.4, 0.5) is 4.39 Å². The molecule has 3 aromatic rings. The summed E-state index contributed by atoms with van der Waals surface area (Å²) in [6.45, 7) is 3.05. The molecule has 1 aliphatic rings. The van der Waals surface area contributed by atoms with E-state index in [1.165, 1.54) is 23.5 Å². The Morgan fingerprint density at radius 1 is 1.13 bits per heavy atom. The van der Waals surface area contributed by atoms with E-state index in [-0.39, 0.29) is 23.5 Å². The molecule has 2 aromatic heterocycles. The van der Waals surface area contributed by atoms with Gasteiger partial charge in [-0.05, 0) is 60.5 Å². The monoisotopic (exact) mass is 437 g/mol. The van der Waals surface area contributed by atoms with Gasteiger partial charge in [0.05, 0.1) is 16.6 Å². The van der Waals surface area contributed by atoms with Crippen LogP contribution in [-0.2, 0) is 4.79 Å². The van der Waals surface area contributed by atoms with Gasteiger partial charge in [-0.25, -0.2) is 4.39 Å². The van der Waals surface area contributed by atoms with Crippen LogP contribution in [0.15, 0.2) is 60.1 Å². The zero-order valence-corrected chi connectivity index (χ0v) is 18.1. The van der Waals surface area contributed by atoms with Crippen molar-refractivity contribution in [1.82, 2.24) is 15.2 Å². The van der Waals surface area contributed by atoms with Gasteiger partial charge in [0.15, 0.2) is 0 Å². The number of rotatable bonds is 5. The number of hydrogen-bond acceptors (Lipinski definition) is 4. The average Bonchev–Trinajstić information content (AvgIpc) is 3.33. The Balaban J connectivity index is 1.46. The zero-order chi connectivity index (χ0) is 21.8. The number of halogens is 1. The van der Waals surface area contributed by atoms with Crippen LogP contribution in [-0.4, -0.2) is 34.8 Å². The van der Waals surface area contributed by atoms with Crippen LogP contribution in [0.3, 0.4) is 0 Å². The number of hydrogen-bond donors (Lipinski definition) is 1. The number of nitrogens with one attached hydrogen (secondary N) is 1. The maximum Gasteiger partial charge on any atom is 0.263 e. The van der Waals surface area contributed by atoms with E-state index in [1.54, 1.807) is 18.3 Å². The molecule has 4 rings (SSSR count). The Labute approximate surface area is 184 Å². The fourth-order valence-electron chi connectivity index (χ4n) is 3.93. The van der Waals surface area contributed by atoms with Gasteiger partial charge >= 0.3 is 0 Å². The number of benzene rings is 1. The molecule has 1 aliphatic heterocycles. The number of likely N-dealkylation sites (tertiary alicyclic amines) is 1. The minimum atomic E-state index is -0.458. The Kier molecular flexibility index (Phi) is 6.42. The molecule has 3 heterocycles. The van der Waals surface area contributed by atoms with Crippen molar-refractivity contribution in [2.75, 3.05) is 13.1 Å². The van der Waals surface area contributed by atoms with Gasteiger partial charge in [-0.1, -0.05) is 24.3 Å². The summed E-state index contributed by atoms with van der Waals surface area (Å²) in [5.41, 5.74) is 2.48. The number of thiophene rings is 1. The molecule has 5 nitrogen and oxygen atoms in total. The Morgan fingerprint density at radius 2 is 1.87 bits per heavy atom. The molecule has 0 saturated carbocycles. The van der Waals surface area contributed by atoms with Crippen molar-refractivity contribution in [3.05, 3.63) is 87.6 Å². The number of aryl methyl sites for hydroxylation is 1. The fourth-order valence-corrected chi connectivity index (χ4v) is 4.62. The SMILES string of the molecule is Cc1cccnc1C(NC(=O)C1CCN(C(=O)c2cccs2)CC1)c1ccc(F)cc1. The predicted octanol–water partition coefficient (Wildman–Crippen LogP) is 4.35. The van der Waals surface area contributed by atoms with Gasteiger partial charge in [-0.2, -0.15) is 0 Å². The first-order chi connectivity index (χ1) is 15.0. The van der Waals surface area contributed by atoms with E-state index in [1.807, 2.05) is 41.5 Å². The summed E-state index contributed by atoms with van der Waals surface area (Å²) < 4.78 is 13.5. The Morgan fingerprint density at radius 3 is 2.52 bits per heavy atom. The second-order valence-electron chi connectivity index (χ2n) is 7.74. The third-order valence-corrected chi connectivity index (χ3v) is 6.56. The summed E-state index contributed by atoms with van der Waals surface area (Å²) in [7, 11) is 0. The highest BCUT2D eigenvalue weighted by Gasteiger charge is 2.30. The van der Waals surface area contributed by atoms with E-state index in [0.717, 1.165) is 21.7 Å². The van der Waals surface area contributed by atoms with Crippen molar-refractivity contribution in [2.45, 2.75) is 25.8 Å². The number of amides is 2. The number of piperidine rings is 1. The number of pyridine rings is 1. The summed E-state index contributed by atoms with van der Waals surface area (Å²) in [4.78, 5) is 32.7. The lowest BCUT2D eigenvalue weighted by atomic mass is 9.93. The van der Waals surface area contributed by atoms with Crippen molar-refractivity contribution < 1.29 is 14.0 Å². The molecule has 0 spiro atoms. The van der Waals surface area contributed by atoms with Gasteiger partial charge in [-0.3, -0.25) is 14.6 Å². The van der Waals surface area contributed by atoms with E-state index < -0.39 is 6.04 Å². The molecular weight excluding hydrogens is 413 g/mol. The van der Waals surface area contributed by atoms with Crippen molar-refractivity contribution in [3.8, 4) is 0 Å². The number of aromatic nitrogens is 1. The maximum absolute atomic E-state index is 13.5. The van der Waals surface area contributed by atoms with E-state index >= 15 is 0 Å². The first-order valence-electron chi connectivity index (χ1n) is 10.3. The van der Waals surface area contributed by atoms with Crippen LogP contribution in [0.1, 0.15) is 45.4 Å². The highest BCUT2D eigenvalue weighted by atomic mass is 32.1. The summed E-state index contributed by atoms with van der Waals surface area (Å²) in [5.74, 6) is -0.543. The summed E-state index contributed by atoms with van der Waals surface area (Å²) in [6.07, 6.45) is 2.92. The quantitative estimate of drug-likeness (QED) is 0.646. The van der Waals surface area contributed by atoms with Gasteiger partial charge < -0.3 is 10.2 Å². The zero-order valence-electron chi connectivity index (χ0n) is 17.3. The van der Waals surface area contributed by atoms with Crippen LogP contribution in [0, 0.1) is 18.7 Å². The molecular formula is C24H24FN3O2S. The molecule has 7 heteroatoms. The summed E-state index contributed by atoms with van der Waals surface area (Å²) in [5, 5.41) is 5.02. The lowest BCUT2D eigenvalue weighted by Gasteiger charge is -2.32. The smallest absolute Gasteiger partial charge is 0.263 e. The van der Waals surface area contributed by atoms with E-state index in [2.05, 4.69) is 10.3 Å². The van der Waals surface area contributed by atoms with E-state index in [4.69, 9.17) is 0 Å². The Bertz CT molecular complexity index is 1040. The van der Waals surface area contributed by atoms with Crippen LogP contribution in [0.25, 0.3) is 0 Å². The largest absolute Gasteiger partial charge is 0.343 e. The minimum Gasteiger partial charge on any atom is -0.343 e. The van der Waals surface area contributed by atoms with Crippen molar-refractivity contribution in [3.63, 3.8) is 0 Å². The van der Waals surface area contributed by atoms with E-state index in [0.29, 0.717) is 25.9 Å². The summed E-state index contributed by atoms with van der Waals surface area (Å²) in [6, 6.07) is 13.2. The molecule has 1 unspecified atom stereocenters.